The number of aryl methyl sites for hydroxylation is 1. The minimum Gasteiger partial charge on any atom is -0.478 e. The summed E-state index contributed by atoms with van der Waals surface area (Å²) in [4.78, 5) is 14.1. The van der Waals surface area contributed by atoms with Gasteiger partial charge in [-0.15, -0.1) is 0 Å². The van der Waals surface area contributed by atoms with Crippen molar-refractivity contribution in [2.75, 3.05) is 18.5 Å². The van der Waals surface area contributed by atoms with Crippen LogP contribution >= 0.6 is 0 Å². The van der Waals surface area contributed by atoms with Gasteiger partial charge in [-0.25, -0.2) is 13.1 Å². The lowest BCUT2D eigenvalue weighted by Crippen LogP contribution is -2.45. The molecule has 0 bridgehead atoms. The molecule has 6 nitrogen and oxygen atoms in total. The van der Waals surface area contributed by atoms with E-state index in [0.717, 1.165) is 5.56 Å². The Morgan fingerprint density at radius 3 is 2.68 bits per heavy atom. The Morgan fingerprint density at radius 1 is 1.16 bits per heavy atom. The Hall–Kier alpha value is -2.38. The van der Waals surface area contributed by atoms with Gasteiger partial charge in [0.2, 0.25) is 10.0 Å². The smallest absolute Gasteiger partial charge is 0.267 e. The summed E-state index contributed by atoms with van der Waals surface area (Å²) in [5.41, 5.74) is 1.58. The van der Waals surface area contributed by atoms with Crippen molar-refractivity contribution in [3.63, 3.8) is 0 Å². The summed E-state index contributed by atoms with van der Waals surface area (Å²) >= 11 is 0. The molecule has 1 aliphatic heterocycles. The average Bonchev–Trinajstić information content (AvgIpc) is 2.59. The zero-order valence-electron chi connectivity index (χ0n) is 14.1. The van der Waals surface area contributed by atoms with Crippen molar-refractivity contribution < 1.29 is 17.9 Å². The number of hydrogen-bond acceptors (Lipinski definition) is 4. The summed E-state index contributed by atoms with van der Waals surface area (Å²) in [5.74, 6) is 0.435. The van der Waals surface area contributed by atoms with E-state index in [4.69, 9.17) is 4.74 Å². The van der Waals surface area contributed by atoms with Gasteiger partial charge < -0.3 is 9.64 Å². The van der Waals surface area contributed by atoms with Crippen LogP contribution in [0.25, 0.3) is 0 Å². The molecule has 1 amide bonds. The van der Waals surface area contributed by atoms with E-state index >= 15 is 0 Å². The van der Waals surface area contributed by atoms with Crippen LogP contribution in [0.4, 0.5) is 5.69 Å². The zero-order valence-corrected chi connectivity index (χ0v) is 14.9. The van der Waals surface area contributed by atoms with Gasteiger partial charge in [-0.3, -0.25) is 4.79 Å². The number of para-hydroxylation sites is 2. The fourth-order valence-electron chi connectivity index (χ4n) is 2.74. The molecular weight excluding hydrogens is 340 g/mol. The summed E-state index contributed by atoms with van der Waals surface area (Å²) < 4.78 is 32.9. The molecule has 0 spiro atoms. The molecule has 3 rings (SSSR count). The molecule has 0 aliphatic carbocycles. The number of carbonyl (C=O) groups excluding carboxylic acids is 1. The first-order valence-corrected chi connectivity index (χ1v) is 9.46. The number of anilines is 1. The first-order valence-electron chi connectivity index (χ1n) is 7.98. The number of carbonyl (C=O) groups is 1. The summed E-state index contributed by atoms with van der Waals surface area (Å²) in [6, 6.07) is 14.0. The number of likely N-dealkylation sites (N-methyl/N-ethyl adjacent to an activating group) is 1. The lowest BCUT2D eigenvalue weighted by molar-refractivity contribution is -0.126. The molecule has 1 unspecified atom stereocenters. The predicted octanol–water partition coefficient (Wildman–Crippen LogP) is 2.09. The lowest BCUT2D eigenvalue weighted by Gasteiger charge is -2.31. The van der Waals surface area contributed by atoms with Gasteiger partial charge in [-0.05, 0) is 36.8 Å². The van der Waals surface area contributed by atoms with Crippen molar-refractivity contribution >= 4 is 21.6 Å². The third-order valence-electron chi connectivity index (χ3n) is 4.10. The second-order valence-electron chi connectivity index (χ2n) is 5.97. The van der Waals surface area contributed by atoms with Gasteiger partial charge >= 0.3 is 0 Å². The zero-order chi connectivity index (χ0) is 18.0. The highest BCUT2D eigenvalue weighted by molar-refractivity contribution is 7.89. The maximum atomic E-state index is 12.4. The highest BCUT2D eigenvalue weighted by Crippen LogP contribution is 2.33. The third kappa shape index (κ3) is 3.67. The molecule has 0 radical (unpaired) electrons. The van der Waals surface area contributed by atoms with Crippen LogP contribution in [0.15, 0.2) is 53.4 Å². The quantitative estimate of drug-likeness (QED) is 0.886. The van der Waals surface area contributed by atoms with E-state index in [2.05, 4.69) is 4.72 Å². The van der Waals surface area contributed by atoms with Crippen LogP contribution in [-0.2, 0) is 14.8 Å². The van der Waals surface area contributed by atoms with Crippen LogP contribution in [0.2, 0.25) is 0 Å². The number of nitrogens with zero attached hydrogens (tertiary/aromatic N) is 1. The Kier molecular flexibility index (Phi) is 4.78. The summed E-state index contributed by atoms with van der Waals surface area (Å²) in [5, 5.41) is 0. The van der Waals surface area contributed by atoms with E-state index in [9.17, 15) is 13.2 Å². The molecule has 0 saturated heterocycles. The highest BCUT2D eigenvalue weighted by Gasteiger charge is 2.31. The van der Waals surface area contributed by atoms with Crippen molar-refractivity contribution in [1.29, 1.82) is 0 Å². The molecule has 1 heterocycles. The SMILES string of the molecule is Cc1cccc(S(=O)(=O)NCCC2Oc3ccccc3N(C)C2=O)c1. The monoisotopic (exact) mass is 360 g/mol. The van der Waals surface area contributed by atoms with Crippen LogP contribution in [0, 0.1) is 6.92 Å². The number of rotatable bonds is 5. The Bertz CT molecular complexity index is 895. The van der Waals surface area contributed by atoms with Crippen LogP contribution in [-0.4, -0.2) is 34.0 Å². The van der Waals surface area contributed by atoms with Gasteiger partial charge in [-0.2, -0.15) is 0 Å². The van der Waals surface area contributed by atoms with Gasteiger partial charge in [-0.1, -0.05) is 24.3 Å². The molecule has 25 heavy (non-hydrogen) atoms. The molecular formula is C18H20N2O4S. The predicted molar refractivity (Wildman–Crippen MR) is 95.3 cm³/mol. The minimum atomic E-state index is -3.61. The molecule has 1 atom stereocenters. The number of benzene rings is 2. The van der Waals surface area contributed by atoms with E-state index in [-0.39, 0.29) is 23.8 Å². The number of amides is 1. The molecule has 0 saturated carbocycles. The fourth-order valence-corrected chi connectivity index (χ4v) is 3.90. The largest absolute Gasteiger partial charge is 0.478 e. The molecule has 0 aromatic heterocycles. The fraction of sp³-hybridized carbons (Fsp3) is 0.278. The summed E-state index contributed by atoms with van der Waals surface area (Å²) in [7, 11) is -1.92. The third-order valence-corrected chi connectivity index (χ3v) is 5.56. The topological polar surface area (TPSA) is 75.7 Å². The van der Waals surface area contributed by atoms with Gasteiger partial charge in [0.15, 0.2) is 6.10 Å². The summed E-state index contributed by atoms with van der Waals surface area (Å²) in [6.07, 6.45) is -0.456. The van der Waals surface area contributed by atoms with E-state index in [0.29, 0.717) is 11.4 Å². The number of hydrogen-bond donors (Lipinski definition) is 1. The van der Waals surface area contributed by atoms with Gasteiger partial charge in [0.05, 0.1) is 10.6 Å². The Labute approximate surface area is 147 Å². The van der Waals surface area contributed by atoms with Crippen LogP contribution in [0.3, 0.4) is 0 Å². The van der Waals surface area contributed by atoms with E-state index < -0.39 is 16.1 Å². The molecule has 1 N–H and O–H groups in total. The van der Waals surface area contributed by atoms with Crippen LogP contribution in [0.1, 0.15) is 12.0 Å². The van der Waals surface area contributed by atoms with Crippen LogP contribution in [0.5, 0.6) is 5.75 Å². The van der Waals surface area contributed by atoms with Crippen molar-refractivity contribution in [2.45, 2.75) is 24.3 Å². The molecule has 2 aromatic carbocycles. The molecule has 0 fully saturated rings. The maximum Gasteiger partial charge on any atom is 0.267 e. The van der Waals surface area contributed by atoms with Crippen LogP contribution < -0.4 is 14.4 Å². The first kappa shape index (κ1) is 17.4. The lowest BCUT2D eigenvalue weighted by atomic mass is 10.1. The van der Waals surface area contributed by atoms with Crippen molar-refractivity contribution in [3.8, 4) is 5.75 Å². The molecule has 1 aliphatic rings. The Morgan fingerprint density at radius 2 is 1.92 bits per heavy atom. The van der Waals surface area contributed by atoms with Crippen molar-refractivity contribution in [2.24, 2.45) is 0 Å². The van der Waals surface area contributed by atoms with Gasteiger partial charge in [0.25, 0.3) is 5.91 Å². The van der Waals surface area contributed by atoms with E-state index in [1.165, 1.54) is 0 Å². The van der Waals surface area contributed by atoms with E-state index in [1.807, 2.05) is 31.2 Å². The number of sulfonamides is 1. The van der Waals surface area contributed by atoms with Gasteiger partial charge in [0.1, 0.15) is 5.75 Å². The minimum absolute atomic E-state index is 0.114. The first-order chi connectivity index (χ1) is 11.9. The second-order valence-corrected chi connectivity index (χ2v) is 7.74. The van der Waals surface area contributed by atoms with E-state index in [1.54, 1.807) is 36.2 Å². The standard InChI is InChI=1S/C18H20N2O4S/c1-13-6-5-7-14(12-13)25(22,23)19-11-10-17-18(21)20(2)15-8-3-4-9-16(15)24-17/h3-9,12,17,19H,10-11H2,1-2H3. The number of fused-ring (bicyclic) bond motifs is 1. The average molecular weight is 360 g/mol. The second kappa shape index (κ2) is 6.85. The number of ether oxygens (including phenoxy) is 1. The normalized spacial score (nSPS) is 17.1. The van der Waals surface area contributed by atoms with Crippen molar-refractivity contribution in [3.05, 3.63) is 54.1 Å². The number of nitrogens with one attached hydrogen (secondary N) is 1. The summed E-state index contributed by atoms with van der Waals surface area (Å²) in [6.45, 7) is 1.95. The van der Waals surface area contributed by atoms with Crippen molar-refractivity contribution in [1.82, 2.24) is 4.72 Å². The Balaban J connectivity index is 1.65. The van der Waals surface area contributed by atoms with Gasteiger partial charge in [0, 0.05) is 20.0 Å². The molecule has 2 aromatic rings. The molecule has 132 valence electrons. The molecule has 7 heteroatoms. The maximum absolute atomic E-state index is 12.4. The highest BCUT2D eigenvalue weighted by atomic mass is 32.2.